The first-order valence-corrected chi connectivity index (χ1v) is 10.1. The fraction of sp³-hybridized carbons (Fsp3) is 0.348. The summed E-state index contributed by atoms with van der Waals surface area (Å²) in [5.41, 5.74) is 2.25. The molecule has 30 heavy (non-hydrogen) atoms. The summed E-state index contributed by atoms with van der Waals surface area (Å²) in [6, 6.07) is 10.0. The highest BCUT2D eigenvalue weighted by molar-refractivity contribution is 5.46. The fourth-order valence-electron chi connectivity index (χ4n) is 3.94. The van der Waals surface area contributed by atoms with Crippen LogP contribution < -0.4 is 4.90 Å². The zero-order chi connectivity index (χ0) is 21.1. The molecule has 4 rings (SSSR count). The van der Waals surface area contributed by atoms with E-state index in [1.54, 1.807) is 24.5 Å². The second-order valence-electron chi connectivity index (χ2n) is 7.68. The highest BCUT2D eigenvalue weighted by Crippen LogP contribution is 2.37. The van der Waals surface area contributed by atoms with Gasteiger partial charge in [-0.2, -0.15) is 0 Å². The van der Waals surface area contributed by atoms with Gasteiger partial charge < -0.3 is 4.90 Å². The third-order valence-corrected chi connectivity index (χ3v) is 5.54. The number of anilines is 1. The molecule has 1 atom stereocenters. The largest absolute Gasteiger partial charge is 0.347 e. The first-order valence-electron chi connectivity index (χ1n) is 10.1. The summed E-state index contributed by atoms with van der Waals surface area (Å²) in [5.74, 6) is -3.01. The van der Waals surface area contributed by atoms with Crippen LogP contribution in [0.5, 0.6) is 0 Å². The van der Waals surface area contributed by atoms with E-state index in [1.165, 1.54) is 18.5 Å². The Kier molecular flexibility index (Phi) is 5.70. The van der Waals surface area contributed by atoms with E-state index in [9.17, 15) is 8.78 Å². The van der Waals surface area contributed by atoms with Crippen LogP contribution in [0.1, 0.15) is 48.2 Å². The first-order chi connectivity index (χ1) is 14.4. The van der Waals surface area contributed by atoms with Crippen LogP contribution in [-0.4, -0.2) is 21.5 Å². The Hall–Kier alpha value is -2.96. The van der Waals surface area contributed by atoms with Gasteiger partial charge in [0.2, 0.25) is 0 Å². The molecular formula is C23H23F3N4. The van der Waals surface area contributed by atoms with Crippen LogP contribution in [0.4, 0.5) is 19.0 Å². The lowest BCUT2D eigenvalue weighted by Crippen LogP contribution is -2.25. The molecule has 1 aliphatic heterocycles. The molecule has 0 radical (unpaired) electrons. The minimum absolute atomic E-state index is 0.0262. The van der Waals surface area contributed by atoms with Gasteiger partial charge in [0, 0.05) is 31.4 Å². The average Bonchev–Trinajstić information content (AvgIpc) is 3.23. The van der Waals surface area contributed by atoms with Crippen molar-refractivity contribution >= 4 is 5.82 Å². The molecule has 1 unspecified atom stereocenters. The number of benzene rings is 1. The van der Waals surface area contributed by atoms with Crippen LogP contribution in [0.15, 0.2) is 55.1 Å². The molecule has 3 heterocycles. The van der Waals surface area contributed by atoms with Crippen molar-refractivity contribution in [3.63, 3.8) is 0 Å². The Bertz CT molecular complexity index is 988. The molecule has 3 aromatic rings. The quantitative estimate of drug-likeness (QED) is 0.555. The van der Waals surface area contributed by atoms with Crippen LogP contribution in [0.3, 0.4) is 0 Å². The number of nitrogens with zero attached hydrogens (tertiary/aromatic N) is 4. The lowest BCUT2D eigenvalue weighted by atomic mass is 10.0. The molecule has 0 saturated carbocycles. The second-order valence-corrected chi connectivity index (χ2v) is 7.68. The summed E-state index contributed by atoms with van der Waals surface area (Å²) in [5, 5.41) is 0. The van der Waals surface area contributed by atoms with E-state index in [2.05, 4.69) is 15.0 Å². The fourth-order valence-corrected chi connectivity index (χ4v) is 3.94. The number of aromatic nitrogens is 3. The van der Waals surface area contributed by atoms with Crippen molar-refractivity contribution in [2.75, 3.05) is 11.4 Å². The minimum Gasteiger partial charge on any atom is -0.347 e. The van der Waals surface area contributed by atoms with Gasteiger partial charge in [0.25, 0.3) is 5.92 Å². The van der Waals surface area contributed by atoms with Gasteiger partial charge in [0.1, 0.15) is 6.33 Å². The first kappa shape index (κ1) is 20.3. The molecule has 7 heteroatoms. The Labute approximate surface area is 173 Å². The van der Waals surface area contributed by atoms with Crippen LogP contribution in [0, 0.1) is 5.82 Å². The summed E-state index contributed by atoms with van der Waals surface area (Å²) in [4.78, 5) is 14.4. The molecule has 0 spiro atoms. The summed E-state index contributed by atoms with van der Waals surface area (Å²) >= 11 is 0. The van der Waals surface area contributed by atoms with E-state index in [0.717, 1.165) is 30.9 Å². The Morgan fingerprint density at radius 2 is 1.90 bits per heavy atom. The molecule has 4 nitrogen and oxygen atoms in total. The van der Waals surface area contributed by atoms with Crippen molar-refractivity contribution in [3.8, 4) is 0 Å². The summed E-state index contributed by atoms with van der Waals surface area (Å²) in [6.07, 6.45) is 7.64. The number of hydrogen-bond donors (Lipinski definition) is 0. The summed E-state index contributed by atoms with van der Waals surface area (Å²) in [6.45, 7) is 1.54. The predicted octanol–water partition coefficient (Wildman–Crippen LogP) is 5.25. The summed E-state index contributed by atoms with van der Waals surface area (Å²) < 4.78 is 42.3. The minimum atomic E-state index is -2.88. The SMILES string of the molecule is CC(F)(F)c1ccc(C2CCCN2c2ncnc(CCc3cccnc3)c2F)cc1. The standard InChI is InChI=1S/C23H23F3N4/c1-23(25,26)18-9-7-17(8-10-18)20-5-3-13-30(20)22-21(24)19(28-15-29-22)11-6-16-4-2-12-27-14-16/h2,4,7-10,12,14-15,20H,3,5-6,11,13H2,1H3. The molecule has 156 valence electrons. The van der Waals surface area contributed by atoms with Crippen LogP contribution in [0.2, 0.25) is 0 Å². The highest BCUT2D eigenvalue weighted by Gasteiger charge is 2.31. The Balaban J connectivity index is 1.55. The maximum Gasteiger partial charge on any atom is 0.270 e. The average molecular weight is 412 g/mol. The maximum atomic E-state index is 15.3. The van der Waals surface area contributed by atoms with Crippen molar-refractivity contribution in [3.05, 3.63) is 83.3 Å². The van der Waals surface area contributed by atoms with Crippen molar-refractivity contribution in [2.24, 2.45) is 0 Å². The van der Waals surface area contributed by atoms with Crippen LogP contribution >= 0.6 is 0 Å². The van der Waals surface area contributed by atoms with Gasteiger partial charge in [0.15, 0.2) is 11.6 Å². The van der Waals surface area contributed by atoms with Crippen molar-refractivity contribution in [2.45, 2.75) is 44.6 Å². The van der Waals surface area contributed by atoms with Gasteiger partial charge in [-0.1, -0.05) is 30.3 Å². The van der Waals surface area contributed by atoms with Crippen molar-refractivity contribution < 1.29 is 13.2 Å². The van der Waals surface area contributed by atoms with Crippen LogP contribution in [-0.2, 0) is 18.8 Å². The molecular weight excluding hydrogens is 389 g/mol. The summed E-state index contributed by atoms with van der Waals surface area (Å²) in [7, 11) is 0. The van der Waals surface area contributed by atoms with E-state index in [4.69, 9.17) is 0 Å². The highest BCUT2D eigenvalue weighted by atomic mass is 19.3. The number of pyridine rings is 1. The molecule has 1 aromatic carbocycles. The van der Waals surface area contributed by atoms with Gasteiger partial charge >= 0.3 is 0 Å². The van der Waals surface area contributed by atoms with Gasteiger partial charge in [-0.3, -0.25) is 4.98 Å². The number of alkyl halides is 2. The Morgan fingerprint density at radius 1 is 1.10 bits per heavy atom. The van der Waals surface area contributed by atoms with E-state index >= 15 is 4.39 Å². The van der Waals surface area contributed by atoms with Crippen molar-refractivity contribution in [1.82, 2.24) is 15.0 Å². The van der Waals surface area contributed by atoms with Crippen LogP contribution in [0.25, 0.3) is 0 Å². The number of rotatable bonds is 6. The number of halogens is 3. The van der Waals surface area contributed by atoms with Gasteiger partial charge in [-0.15, -0.1) is 0 Å². The number of hydrogen-bond acceptors (Lipinski definition) is 4. The monoisotopic (exact) mass is 412 g/mol. The zero-order valence-corrected chi connectivity index (χ0v) is 16.7. The topological polar surface area (TPSA) is 41.9 Å². The van der Waals surface area contributed by atoms with Gasteiger partial charge in [-0.25, -0.2) is 23.1 Å². The molecule has 1 saturated heterocycles. The maximum absolute atomic E-state index is 15.3. The van der Waals surface area contributed by atoms with Gasteiger partial charge in [-0.05, 0) is 42.9 Å². The molecule has 0 N–H and O–H groups in total. The second kappa shape index (κ2) is 8.42. The molecule has 0 aliphatic carbocycles. The number of aryl methyl sites for hydroxylation is 2. The third-order valence-electron chi connectivity index (χ3n) is 5.54. The molecule has 1 aliphatic rings. The normalized spacial score (nSPS) is 16.8. The Morgan fingerprint density at radius 3 is 2.60 bits per heavy atom. The lowest BCUT2D eigenvalue weighted by Gasteiger charge is -2.27. The lowest BCUT2D eigenvalue weighted by molar-refractivity contribution is 0.0174. The van der Waals surface area contributed by atoms with Gasteiger partial charge in [0.05, 0.1) is 11.7 Å². The predicted molar refractivity (Wildman–Crippen MR) is 109 cm³/mol. The van der Waals surface area contributed by atoms with E-state index < -0.39 is 11.7 Å². The molecule has 1 fully saturated rings. The van der Waals surface area contributed by atoms with Crippen molar-refractivity contribution in [1.29, 1.82) is 0 Å². The molecule has 2 aromatic heterocycles. The van der Waals surface area contributed by atoms with E-state index in [-0.39, 0.29) is 17.4 Å². The van der Waals surface area contributed by atoms with E-state index in [1.807, 2.05) is 17.0 Å². The molecule has 0 amide bonds. The van der Waals surface area contributed by atoms with E-state index in [0.29, 0.717) is 25.1 Å². The third kappa shape index (κ3) is 4.30. The smallest absolute Gasteiger partial charge is 0.270 e. The zero-order valence-electron chi connectivity index (χ0n) is 16.7. The molecule has 0 bridgehead atoms.